The maximum atomic E-state index is 11.0. The van der Waals surface area contributed by atoms with Gasteiger partial charge < -0.3 is 4.74 Å². The maximum Gasteiger partial charge on any atom is 0.133 e. The first kappa shape index (κ1) is 7.59. The van der Waals surface area contributed by atoms with Gasteiger partial charge in [0.2, 0.25) is 0 Å². The van der Waals surface area contributed by atoms with E-state index in [1.54, 1.807) is 6.26 Å². The van der Waals surface area contributed by atoms with E-state index < -0.39 is 0 Å². The Morgan fingerprint density at radius 2 is 2.33 bits per heavy atom. The zero-order valence-corrected chi connectivity index (χ0v) is 6.90. The van der Waals surface area contributed by atoms with E-state index in [-0.39, 0.29) is 6.10 Å². The number of ketones is 1. The molecule has 0 saturated heterocycles. The van der Waals surface area contributed by atoms with Gasteiger partial charge in [-0.1, -0.05) is 6.08 Å². The minimum Gasteiger partial charge on any atom is -0.494 e. The normalized spacial score (nSPS) is 33.8. The Morgan fingerprint density at radius 3 is 2.92 bits per heavy atom. The molecule has 1 heterocycles. The Labute approximate surface area is 71.9 Å². The third kappa shape index (κ3) is 1.42. The van der Waals surface area contributed by atoms with Crippen LogP contribution in [0.4, 0.5) is 0 Å². The highest BCUT2D eigenvalue weighted by Crippen LogP contribution is 2.28. The molecule has 1 fully saturated rings. The molecule has 2 aliphatic rings. The molecule has 1 saturated carbocycles. The van der Waals surface area contributed by atoms with Gasteiger partial charge in [-0.25, -0.2) is 0 Å². The van der Waals surface area contributed by atoms with Crippen molar-refractivity contribution in [2.45, 2.75) is 25.4 Å². The average Bonchev–Trinajstić information content (AvgIpc) is 2.54. The summed E-state index contributed by atoms with van der Waals surface area (Å²) in [5, 5.41) is 0. The molecule has 2 unspecified atom stereocenters. The largest absolute Gasteiger partial charge is 0.494 e. The van der Waals surface area contributed by atoms with Crippen LogP contribution in [0.5, 0.6) is 0 Å². The Morgan fingerprint density at radius 1 is 1.42 bits per heavy atom. The number of hydrogen-bond acceptors (Lipinski definition) is 2. The van der Waals surface area contributed by atoms with Crippen molar-refractivity contribution in [3.8, 4) is 0 Å². The van der Waals surface area contributed by atoms with Crippen molar-refractivity contribution in [2.75, 3.05) is 0 Å². The van der Waals surface area contributed by atoms with Crippen LogP contribution in [0, 0.1) is 5.92 Å². The van der Waals surface area contributed by atoms with Crippen LogP contribution in [0.3, 0.4) is 0 Å². The standard InChI is InChI=1S/C10H12O2/c11-9-5-4-8(7-9)10-3-1-2-6-12-10/h1-3,6,8,10H,4-5,7H2. The number of Topliss-reactive ketones (excluding diaryl/α,β-unsaturated/α-hetero) is 1. The van der Waals surface area contributed by atoms with Crippen molar-refractivity contribution in [2.24, 2.45) is 5.92 Å². The van der Waals surface area contributed by atoms with Gasteiger partial charge in [0.1, 0.15) is 11.9 Å². The molecule has 1 aliphatic heterocycles. The van der Waals surface area contributed by atoms with Crippen molar-refractivity contribution in [1.82, 2.24) is 0 Å². The molecule has 0 aromatic carbocycles. The number of carbonyl (C=O) groups is 1. The fourth-order valence-corrected chi connectivity index (χ4v) is 1.79. The molecule has 0 N–H and O–H groups in total. The molecular formula is C10H12O2. The molecule has 0 radical (unpaired) electrons. The van der Waals surface area contributed by atoms with Crippen LogP contribution in [0.15, 0.2) is 24.5 Å². The molecule has 0 aromatic heterocycles. The van der Waals surface area contributed by atoms with E-state index in [1.165, 1.54) is 0 Å². The van der Waals surface area contributed by atoms with Crippen molar-refractivity contribution in [3.63, 3.8) is 0 Å². The molecule has 0 bridgehead atoms. The van der Waals surface area contributed by atoms with E-state index in [9.17, 15) is 4.79 Å². The molecule has 2 rings (SSSR count). The van der Waals surface area contributed by atoms with Gasteiger partial charge in [0.25, 0.3) is 0 Å². The summed E-state index contributed by atoms with van der Waals surface area (Å²) in [7, 11) is 0. The molecule has 64 valence electrons. The van der Waals surface area contributed by atoms with Crippen molar-refractivity contribution in [1.29, 1.82) is 0 Å². The lowest BCUT2D eigenvalue weighted by Gasteiger charge is -2.20. The first-order valence-electron chi connectivity index (χ1n) is 4.37. The fourth-order valence-electron chi connectivity index (χ4n) is 1.79. The van der Waals surface area contributed by atoms with Gasteiger partial charge in [0.15, 0.2) is 0 Å². The van der Waals surface area contributed by atoms with Crippen LogP contribution in [0.25, 0.3) is 0 Å². The number of carbonyl (C=O) groups excluding carboxylic acids is 1. The van der Waals surface area contributed by atoms with E-state index in [4.69, 9.17) is 4.74 Å². The van der Waals surface area contributed by atoms with Crippen LogP contribution in [-0.2, 0) is 9.53 Å². The first-order chi connectivity index (χ1) is 5.86. The van der Waals surface area contributed by atoms with Gasteiger partial charge in [-0.15, -0.1) is 0 Å². The van der Waals surface area contributed by atoms with Crippen molar-refractivity contribution in [3.05, 3.63) is 24.5 Å². The van der Waals surface area contributed by atoms with Crippen molar-refractivity contribution < 1.29 is 9.53 Å². The highest BCUT2D eigenvalue weighted by atomic mass is 16.5. The summed E-state index contributed by atoms with van der Waals surface area (Å²) in [5.41, 5.74) is 0. The number of hydrogen-bond donors (Lipinski definition) is 0. The average molecular weight is 164 g/mol. The number of rotatable bonds is 1. The second-order valence-corrected chi connectivity index (χ2v) is 3.36. The summed E-state index contributed by atoms with van der Waals surface area (Å²) in [6, 6.07) is 0. The number of allylic oxidation sites excluding steroid dienone is 2. The molecule has 0 aromatic rings. The Hall–Kier alpha value is -1.05. The highest BCUT2D eigenvalue weighted by Gasteiger charge is 2.29. The summed E-state index contributed by atoms with van der Waals surface area (Å²) in [5.74, 6) is 0.797. The van der Waals surface area contributed by atoms with Crippen LogP contribution >= 0.6 is 0 Å². The second-order valence-electron chi connectivity index (χ2n) is 3.36. The van der Waals surface area contributed by atoms with E-state index in [0.29, 0.717) is 18.1 Å². The van der Waals surface area contributed by atoms with E-state index in [1.807, 2.05) is 18.2 Å². The lowest BCUT2D eigenvalue weighted by Crippen LogP contribution is -2.18. The zero-order valence-electron chi connectivity index (χ0n) is 6.90. The Bertz CT molecular complexity index is 240. The lowest BCUT2D eigenvalue weighted by molar-refractivity contribution is -0.117. The van der Waals surface area contributed by atoms with Crippen LogP contribution in [-0.4, -0.2) is 11.9 Å². The van der Waals surface area contributed by atoms with Gasteiger partial charge >= 0.3 is 0 Å². The predicted octanol–water partition coefficient (Wildman–Crippen LogP) is 1.82. The minimum absolute atomic E-state index is 0.140. The summed E-state index contributed by atoms with van der Waals surface area (Å²) >= 11 is 0. The molecule has 0 amide bonds. The van der Waals surface area contributed by atoms with Crippen molar-refractivity contribution >= 4 is 5.78 Å². The van der Waals surface area contributed by atoms with Gasteiger partial charge in [0, 0.05) is 18.8 Å². The van der Waals surface area contributed by atoms with Gasteiger partial charge in [-0.05, 0) is 18.6 Å². The van der Waals surface area contributed by atoms with E-state index in [2.05, 4.69) is 0 Å². The summed E-state index contributed by atoms with van der Waals surface area (Å²) in [4.78, 5) is 11.0. The SMILES string of the molecule is O=C1CCC(C2C=CC=CO2)C1. The molecule has 2 nitrogen and oxygen atoms in total. The third-order valence-corrected chi connectivity index (χ3v) is 2.47. The topological polar surface area (TPSA) is 26.3 Å². The zero-order chi connectivity index (χ0) is 8.39. The van der Waals surface area contributed by atoms with Crippen LogP contribution < -0.4 is 0 Å². The number of ether oxygens (including phenoxy) is 1. The summed E-state index contributed by atoms with van der Waals surface area (Å²) < 4.78 is 5.39. The lowest BCUT2D eigenvalue weighted by atomic mass is 10.00. The third-order valence-electron chi connectivity index (χ3n) is 2.47. The van der Waals surface area contributed by atoms with Crippen LogP contribution in [0.2, 0.25) is 0 Å². The molecule has 12 heavy (non-hydrogen) atoms. The fraction of sp³-hybridized carbons (Fsp3) is 0.500. The molecule has 1 aliphatic carbocycles. The summed E-state index contributed by atoms with van der Waals surface area (Å²) in [6.07, 6.45) is 10.1. The quantitative estimate of drug-likeness (QED) is 0.591. The van der Waals surface area contributed by atoms with Crippen LogP contribution in [0.1, 0.15) is 19.3 Å². The van der Waals surface area contributed by atoms with Gasteiger partial charge in [-0.3, -0.25) is 4.79 Å². The first-order valence-corrected chi connectivity index (χ1v) is 4.37. The maximum absolute atomic E-state index is 11.0. The highest BCUT2D eigenvalue weighted by molar-refractivity contribution is 5.80. The molecule has 0 spiro atoms. The second kappa shape index (κ2) is 3.13. The smallest absolute Gasteiger partial charge is 0.133 e. The Kier molecular flexibility index (Phi) is 1.98. The summed E-state index contributed by atoms with van der Waals surface area (Å²) in [6.45, 7) is 0. The molecule has 2 heteroatoms. The Balaban J connectivity index is 1.97. The van der Waals surface area contributed by atoms with E-state index >= 15 is 0 Å². The van der Waals surface area contributed by atoms with Gasteiger partial charge in [0.05, 0.1) is 6.26 Å². The predicted molar refractivity (Wildman–Crippen MR) is 45.5 cm³/mol. The minimum atomic E-state index is 0.140. The monoisotopic (exact) mass is 164 g/mol. The van der Waals surface area contributed by atoms with E-state index in [0.717, 1.165) is 12.8 Å². The molecule has 2 atom stereocenters. The molecular weight excluding hydrogens is 152 g/mol. The van der Waals surface area contributed by atoms with Gasteiger partial charge in [-0.2, -0.15) is 0 Å².